The van der Waals surface area contributed by atoms with E-state index in [0.29, 0.717) is 12.2 Å². The first-order chi connectivity index (χ1) is 7.25. The molecule has 0 spiro atoms. The van der Waals surface area contributed by atoms with E-state index in [1.54, 1.807) is 18.3 Å². The Balaban J connectivity index is 2.26. The van der Waals surface area contributed by atoms with Crippen LogP contribution in [-0.4, -0.2) is 15.3 Å². The number of hydrogen-bond acceptors (Lipinski definition) is 3. The number of aromatic nitrogens is 2. The van der Waals surface area contributed by atoms with Gasteiger partial charge in [-0.25, -0.2) is 0 Å². The van der Waals surface area contributed by atoms with Gasteiger partial charge in [0, 0.05) is 10.9 Å². The van der Waals surface area contributed by atoms with Gasteiger partial charge in [-0.05, 0) is 33.6 Å². The second-order valence-corrected chi connectivity index (χ2v) is 4.09. The lowest BCUT2D eigenvalue weighted by Crippen LogP contribution is -1.94. The highest BCUT2D eigenvalue weighted by molar-refractivity contribution is 9.10. The molecule has 4 heteroatoms. The molecule has 0 aliphatic heterocycles. The van der Waals surface area contributed by atoms with Crippen molar-refractivity contribution in [3.63, 3.8) is 0 Å². The molecule has 76 valence electrons. The monoisotopic (exact) mass is 264 g/mol. The predicted octanol–water partition coefficient (Wildman–Crippen LogP) is 2.54. The Kier molecular flexibility index (Phi) is 2.97. The average molecular weight is 265 g/mol. The van der Waals surface area contributed by atoms with Crippen LogP contribution >= 0.6 is 15.9 Å². The second-order valence-electron chi connectivity index (χ2n) is 3.17. The Morgan fingerprint density at radius 2 is 2.07 bits per heavy atom. The molecule has 0 unspecified atom stereocenters. The molecule has 3 nitrogen and oxygen atoms in total. The number of aromatic hydroxyl groups is 1. The number of phenolic OH excluding ortho intramolecular Hbond substituents is 1. The van der Waals surface area contributed by atoms with Crippen molar-refractivity contribution in [1.82, 2.24) is 10.2 Å². The summed E-state index contributed by atoms with van der Waals surface area (Å²) in [5.74, 6) is 0.291. The highest BCUT2D eigenvalue weighted by Crippen LogP contribution is 2.19. The van der Waals surface area contributed by atoms with E-state index in [1.165, 1.54) is 0 Å². The fourth-order valence-corrected chi connectivity index (χ4v) is 1.68. The normalized spacial score (nSPS) is 10.2. The molecule has 1 aromatic carbocycles. The van der Waals surface area contributed by atoms with Gasteiger partial charge >= 0.3 is 0 Å². The van der Waals surface area contributed by atoms with Crippen LogP contribution in [0.5, 0.6) is 5.75 Å². The van der Waals surface area contributed by atoms with E-state index in [0.717, 1.165) is 15.7 Å². The third kappa shape index (κ3) is 2.53. The minimum Gasteiger partial charge on any atom is -0.508 e. The molecular weight excluding hydrogens is 256 g/mol. The number of para-hydroxylation sites is 1. The molecule has 15 heavy (non-hydrogen) atoms. The summed E-state index contributed by atoms with van der Waals surface area (Å²) in [5.41, 5.74) is 1.68. The molecule has 0 amide bonds. The fraction of sp³-hybridized carbons (Fsp3) is 0.0909. The molecule has 1 N–H and O–H groups in total. The maximum atomic E-state index is 9.58. The third-order valence-electron chi connectivity index (χ3n) is 2.03. The van der Waals surface area contributed by atoms with E-state index in [1.807, 2.05) is 18.2 Å². The molecular formula is C11H9BrN2O. The molecule has 0 fully saturated rings. The largest absolute Gasteiger partial charge is 0.508 e. The number of nitrogens with zero attached hydrogens (tertiary/aromatic N) is 2. The number of rotatable bonds is 2. The van der Waals surface area contributed by atoms with Crippen LogP contribution in [-0.2, 0) is 6.42 Å². The SMILES string of the molecule is Oc1ccccc1Cc1cc(Br)cnn1. The highest BCUT2D eigenvalue weighted by Gasteiger charge is 2.03. The maximum Gasteiger partial charge on any atom is 0.119 e. The summed E-state index contributed by atoms with van der Waals surface area (Å²) in [7, 11) is 0. The van der Waals surface area contributed by atoms with Crippen molar-refractivity contribution in [1.29, 1.82) is 0 Å². The first-order valence-corrected chi connectivity index (χ1v) is 5.29. The lowest BCUT2D eigenvalue weighted by Gasteiger charge is -2.02. The van der Waals surface area contributed by atoms with Gasteiger partial charge in [-0.1, -0.05) is 18.2 Å². The topological polar surface area (TPSA) is 46.0 Å². The van der Waals surface area contributed by atoms with Crippen LogP contribution in [0.3, 0.4) is 0 Å². The van der Waals surface area contributed by atoms with Gasteiger partial charge in [0.15, 0.2) is 0 Å². The minimum absolute atomic E-state index is 0.291. The Morgan fingerprint density at radius 1 is 1.27 bits per heavy atom. The summed E-state index contributed by atoms with van der Waals surface area (Å²) in [5, 5.41) is 17.4. The van der Waals surface area contributed by atoms with Gasteiger partial charge < -0.3 is 5.11 Å². The minimum atomic E-state index is 0.291. The smallest absolute Gasteiger partial charge is 0.119 e. The molecule has 1 aromatic heterocycles. The standard InChI is InChI=1S/C11H9BrN2O/c12-9-6-10(14-13-7-9)5-8-3-1-2-4-11(8)15/h1-4,6-7,15H,5H2. The molecule has 0 bridgehead atoms. The Hall–Kier alpha value is -1.42. The first-order valence-electron chi connectivity index (χ1n) is 4.49. The van der Waals surface area contributed by atoms with Crippen molar-refractivity contribution >= 4 is 15.9 Å². The van der Waals surface area contributed by atoms with Crippen molar-refractivity contribution in [3.05, 3.63) is 52.3 Å². The lowest BCUT2D eigenvalue weighted by molar-refractivity contribution is 0.469. The van der Waals surface area contributed by atoms with Gasteiger partial charge in [0.1, 0.15) is 5.75 Å². The van der Waals surface area contributed by atoms with Crippen LogP contribution in [0.4, 0.5) is 0 Å². The lowest BCUT2D eigenvalue weighted by atomic mass is 10.1. The van der Waals surface area contributed by atoms with E-state index in [-0.39, 0.29) is 0 Å². The van der Waals surface area contributed by atoms with Crippen LogP contribution in [0.15, 0.2) is 41.0 Å². The van der Waals surface area contributed by atoms with E-state index < -0.39 is 0 Å². The van der Waals surface area contributed by atoms with Crippen molar-refractivity contribution in [2.24, 2.45) is 0 Å². The van der Waals surface area contributed by atoms with Crippen molar-refractivity contribution < 1.29 is 5.11 Å². The molecule has 0 atom stereocenters. The molecule has 2 rings (SSSR count). The van der Waals surface area contributed by atoms with Gasteiger partial charge in [0.25, 0.3) is 0 Å². The van der Waals surface area contributed by atoms with Gasteiger partial charge in [-0.2, -0.15) is 10.2 Å². The average Bonchev–Trinajstić information content (AvgIpc) is 2.22. The van der Waals surface area contributed by atoms with E-state index >= 15 is 0 Å². The van der Waals surface area contributed by atoms with Gasteiger partial charge in [0.2, 0.25) is 0 Å². The summed E-state index contributed by atoms with van der Waals surface area (Å²) in [4.78, 5) is 0. The molecule has 0 saturated carbocycles. The van der Waals surface area contributed by atoms with Crippen LogP contribution in [0, 0.1) is 0 Å². The number of halogens is 1. The zero-order valence-corrected chi connectivity index (χ0v) is 9.48. The predicted molar refractivity (Wildman–Crippen MR) is 60.6 cm³/mol. The van der Waals surface area contributed by atoms with Gasteiger partial charge in [-0.3, -0.25) is 0 Å². The van der Waals surface area contributed by atoms with E-state index in [9.17, 15) is 5.11 Å². The zero-order chi connectivity index (χ0) is 10.7. The number of phenols is 1. The molecule has 2 aromatic rings. The Labute approximate surface area is 95.9 Å². The quantitative estimate of drug-likeness (QED) is 0.907. The molecule has 1 heterocycles. The summed E-state index contributed by atoms with van der Waals surface area (Å²) in [6, 6.07) is 9.12. The summed E-state index contributed by atoms with van der Waals surface area (Å²) >= 11 is 3.33. The Bertz CT molecular complexity index is 474. The molecule has 0 aliphatic carbocycles. The molecule has 0 saturated heterocycles. The number of hydrogen-bond donors (Lipinski definition) is 1. The van der Waals surface area contributed by atoms with E-state index in [2.05, 4.69) is 26.1 Å². The molecule has 0 radical (unpaired) electrons. The van der Waals surface area contributed by atoms with Crippen LogP contribution in [0.1, 0.15) is 11.3 Å². The van der Waals surface area contributed by atoms with Crippen LogP contribution in [0.25, 0.3) is 0 Å². The second kappa shape index (κ2) is 4.40. The first kappa shape index (κ1) is 10.1. The van der Waals surface area contributed by atoms with Crippen LogP contribution in [0.2, 0.25) is 0 Å². The Morgan fingerprint density at radius 3 is 2.80 bits per heavy atom. The van der Waals surface area contributed by atoms with Crippen molar-refractivity contribution in [2.75, 3.05) is 0 Å². The van der Waals surface area contributed by atoms with Crippen molar-refractivity contribution in [2.45, 2.75) is 6.42 Å². The summed E-state index contributed by atoms with van der Waals surface area (Å²) in [6.45, 7) is 0. The number of benzene rings is 1. The summed E-state index contributed by atoms with van der Waals surface area (Å²) < 4.78 is 0.892. The third-order valence-corrected chi connectivity index (χ3v) is 2.47. The summed E-state index contributed by atoms with van der Waals surface area (Å²) in [6.07, 6.45) is 2.22. The molecule has 0 aliphatic rings. The van der Waals surface area contributed by atoms with Crippen molar-refractivity contribution in [3.8, 4) is 5.75 Å². The maximum absolute atomic E-state index is 9.58. The van der Waals surface area contributed by atoms with Gasteiger partial charge in [-0.15, -0.1) is 0 Å². The fourth-order valence-electron chi connectivity index (χ4n) is 1.33. The van der Waals surface area contributed by atoms with Crippen LogP contribution < -0.4 is 0 Å². The van der Waals surface area contributed by atoms with E-state index in [4.69, 9.17) is 0 Å². The highest BCUT2D eigenvalue weighted by atomic mass is 79.9. The zero-order valence-electron chi connectivity index (χ0n) is 7.89. The van der Waals surface area contributed by atoms with Gasteiger partial charge in [0.05, 0.1) is 11.9 Å².